The number of benzene rings is 2. The molecule has 86 heavy (non-hydrogen) atoms. The number of Topliss-reactive ketones (excluding diaryl/α,β-unsaturated/α-hetero) is 1. The molecule has 25 unspecified atom stereocenters. The van der Waals surface area contributed by atoms with E-state index in [1.807, 2.05) is 0 Å². The summed E-state index contributed by atoms with van der Waals surface area (Å²) in [7, 11) is 3.99. The molecule has 1 aliphatic carbocycles. The number of phenols is 2. The van der Waals surface area contributed by atoms with Crippen LogP contribution in [0.2, 0.25) is 0 Å². The quantitative estimate of drug-likeness (QED) is 0.0536. The molecule has 5 saturated heterocycles. The summed E-state index contributed by atoms with van der Waals surface area (Å²) in [4.78, 5) is 45.3. The predicted molar refractivity (Wildman–Crippen MR) is 296 cm³/mol. The fourth-order valence-corrected chi connectivity index (χ4v) is 12.6. The molecule has 25 atom stereocenters. The number of phenolic OH excluding ortho intramolecular Hbond substituents is 2. The molecule has 8 rings (SSSR count). The zero-order valence-corrected chi connectivity index (χ0v) is 50.8. The SMILES string of the molecule is CO/N=C(\C(O)C(C)O)C(OC)C1Cc2cc3cc(OC4CC(OC(C)=O)C(OC5CC(O)C(OC)C(C)O5)C(C)O4)cc(O)c3c(O)c2C(=O)C1OC1CC(OC2CC(OC3CC(C)(O)C(OC(=O)C(C)C)C(C)O3)C(O)C(C)O2)C(O)C(C)O1. The Bertz CT molecular complexity index is 2680. The number of esters is 2. The fraction of sp³-hybridized carbons (Fsp3) is 0.763. The number of carbonyl (C=O) groups is 3. The van der Waals surface area contributed by atoms with Crippen molar-refractivity contribution < 1.29 is 126 Å². The normalized spacial score (nSPS) is 39.0. The van der Waals surface area contributed by atoms with Crippen LogP contribution in [0.5, 0.6) is 17.2 Å². The van der Waals surface area contributed by atoms with Crippen LogP contribution >= 0.6 is 0 Å². The smallest absolute Gasteiger partial charge is 0.308 e. The van der Waals surface area contributed by atoms with Gasteiger partial charge in [0.15, 0.2) is 37.0 Å². The van der Waals surface area contributed by atoms with E-state index in [1.54, 1.807) is 54.5 Å². The summed E-state index contributed by atoms with van der Waals surface area (Å²) in [6, 6.07) is 4.30. The van der Waals surface area contributed by atoms with E-state index in [0.29, 0.717) is 0 Å². The summed E-state index contributed by atoms with van der Waals surface area (Å²) in [6.07, 6.45) is -24.6. The highest BCUT2D eigenvalue weighted by Crippen LogP contribution is 2.46. The number of aliphatic hydroxyl groups excluding tert-OH is 5. The van der Waals surface area contributed by atoms with Crippen LogP contribution in [-0.4, -0.2) is 233 Å². The first-order chi connectivity index (χ1) is 40.5. The average Bonchev–Trinajstić information content (AvgIpc) is 2.37. The van der Waals surface area contributed by atoms with Crippen molar-refractivity contribution in [3.8, 4) is 17.2 Å². The maximum Gasteiger partial charge on any atom is 0.308 e. The number of ether oxygens (including phenoxy) is 14. The Labute approximate surface area is 498 Å². The zero-order valence-electron chi connectivity index (χ0n) is 50.8. The molecule has 2 aromatic rings. The lowest BCUT2D eigenvalue weighted by molar-refractivity contribution is -0.334. The van der Waals surface area contributed by atoms with Gasteiger partial charge < -0.3 is 112 Å². The Morgan fingerprint density at radius 2 is 1.28 bits per heavy atom. The minimum atomic E-state index is -1.68. The second-order valence-electron chi connectivity index (χ2n) is 24.0. The molecule has 5 fully saturated rings. The highest BCUT2D eigenvalue weighted by atomic mass is 16.7. The van der Waals surface area contributed by atoms with Gasteiger partial charge in [-0.3, -0.25) is 14.4 Å². The summed E-state index contributed by atoms with van der Waals surface area (Å²) in [5, 5.41) is 95.0. The number of fused-ring (bicyclic) bond motifs is 2. The number of rotatable bonds is 20. The van der Waals surface area contributed by atoms with Crippen molar-refractivity contribution in [1.29, 1.82) is 0 Å². The van der Waals surface area contributed by atoms with E-state index in [2.05, 4.69) is 5.16 Å². The standard InChI is InChI=1S/C59H87NO26/c1-23(2)58(70)86-57-29(8)79-44(22-59(57,10)71)83-38-19-42(75-25(4)50(38)67)82-37-20-43(76-26(5)49(37)66)85-56-34(55(73-12)47(60-74-13)48(65)24(3)61)16-32-14-31-15-33(17-35(63)45(31)51(68)46(32)52(56)69)81-41-21-39(80-30(9)62)54(28(7)78-41)84-40-18-36(64)53(72-11)27(6)77-40/h14-15,17,23-29,34,36-44,48-50,53-57,61,63-68,71H,16,18-22H2,1-13H3/b60-47+. The summed E-state index contributed by atoms with van der Waals surface area (Å²) in [5.41, 5.74) is -1.75. The molecule has 484 valence electrons. The van der Waals surface area contributed by atoms with Crippen molar-refractivity contribution in [2.45, 2.75) is 255 Å². The van der Waals surface area contributed by atoms with Gasteiger partial charge in [0.2, 0.25) is 6.29 Å². The summed E-state index contributed by atoms with van der Waals surface area (Å²) < 4.78 is 85.1. The summed E-state index contributed by atoms with van der Waals surface area (Å²) in [5.74, 6) is -4.51. The molecule has 2 aromatic carbocycles. The van der Waals surface area contributed by atoms with Crippen LogP contribution in [0.15, 0.2) is 23.4 Å². The molecule has 5 heterocycles. The van der Waals surface area contributed by atoms with Gasteiger partial charge >= 0.3 is 11.9 Å². The Morgan fingerprint density at radius 1 is 0.709 bits per heavy atom. The van der Waals surface area contributed by atoms with Crippen LogP contribution in [-0.2, 0) is 82.4 Å². The van der Waals surface area contributed by atoms with Gasteiger partial charge in [-0.2, -0.15) is 0 Å². The highest BCUT2D eigenvalue weighted by molar-refractivity contribution is 6.11. The van der Waals surface area contributed by atoms with Crippen molar-refractivity contribution in [1.82, 2.24) is 0 Å². The minimum absolute atomic E-state index is 0.0417. The number of aliphatic hydroxyl groups is 6. The van der Waals surface area contributed by atoms with Crippen LogP contribution < -0.4 is 4.74 Å². The van der Waals surface area contributed by atoms with Crippen molar-refractivity contribution in [2.75, 3.05) is 21.3 Å². The van der Waals surface area contributed by atoms with E-state index in [1.165, 1.54) is 54.2 Å². The Morgan fingerprint density at radius 3 is 1.85 bits per heavy atom. The van der Waals surface area contributed by atoms with Gasteiger partial charge in [-0.05, 0) is 78.0 Å². The van der Waals surface area contributed by atoms with Gasteiger partial charge in [-0.1, -0.05) is 19.0 Å². The number of aromatic hydroxyl groups is 2. The zero-order chi connectivity index (χ0) is 63.0. The summed E-state index contributed by atoms with van der Waals surface area (Å²) >= 11 is 0. The number of nitrogens with zero attached hydrogens (tertiary/aromatic N) is 1. The van der Waals surface area contributed by atoms with Crippen molar-refractivity contribution >= 4 is 34.2 Å². The number of carbonyl (C=O) groups excluding carboxylic acids is 3. The first-order valence-corrected chi connectivity index (χ1v) is 29.3. The van der Waals surface area contributed by atoms with E-state index in [-0.39, 0.29) is 71.9 Å². The lowest BCUT2D eigenvalue weighted by atomic mass is 9.74. The third kappa shape index (κ3) is 14.9. The van der Waals surface area contributed by atoms with Crippen molar-refractivity contribution in [3.05, 3.63) is 29.3 Å². The molecule has 0 bridgehead atoms. The fourth-order valence-electron chi connectivity index (χ4n) is 12.6. The van der Waals surface area contributed by atoms with Crippen LogP contribution in [0.3, 0.4) is 0 Å². The van der Waals surface area contributed by atoms with Crippen LogP contribution in [0, 0.1) is 11.8 Å². The van der Waals surface area contributed by atoms with E-state index in [4.69, 9.17) is 71.2 Å². The minimum Gasteiger partial charge on any atom is -0.507 e. The molecule has 6 aliphatic rings. The van der Waals surface area contributed by atoms with Gasteiger partial charge in [0.25, 0.3) is 0 Å². The molecule has 5 aliphatic heterocycles. The second kappa shape index (κ2) is 28.1. The number of oxime groups is 1. The molecule has 8 N–H and O–H groups in total. The molecule has 0 saturated carbocycles. The van der Waals surface area contributed by atoms with Crippen molar-refractivity contribution in [2.24, 2.45) is 17.0 Å². The molecule has 0 spiro atoms. The number of ketones is 1. The molecular formula is C59H87NO26. The number of hydrogen-bond acceptors (Lipinski definition) is 27. The van der Waals surface area contributed by atoms with Gasteiger partial charge in [0.1, 0.15) is 84.5 Å². The number of methoxy groups -OCH3 is 2. The van der Waals surface area contributed by atoms with E-state index < -0.39 is 188 Å². The van der Waals surface area contributed by atoms with Crippen molar-refractivity contribution in [3.63, 3.8) is 0 Å². The highest BCUT2D eigenvalue weighted by Gasteiger charge is 2.52. The molecule has 0 aromatic heterocycles. The second-order valence-corrected chi connectivity index (χ2v) is 24.0. The third-order valence-electron chi connectivity index (χ3n) is 16.9. The Kier molecular flexibility index (Phi) is 22.1. The van der Waals surface area contributed by atoms with E-state index in [9.17, 15) is 50.4 Å². The van der Waals surface area contributed by atoms with Crippen LogP contribution in [0.25, 0.3) is 10.8 Å². The largest absolute Gasteiger partial charge is 0.507 e. The maximum atomic E-state index is 15.3. The molecular weight excluding hydrogens is 1140 g/mol. The molecule has 0 amide bonds. The number of hydrogen-bond donors (Lipinski definition) is 8. The topological polar surface area (TPSA) is 364 Å². The van der Waals surface area contributed by atoms with Gasteiger partial charge in [-0.15, -0.1) is 0 Å². The monoisotopic (exact) mass is 1230 g/mol. The molecule has 27 heteroatoms. The van der Waals surface area contributed by atoms with Gasteiger partial charge in [-0.25, -0.2) is 0 Å². The average molecular weight is 1230 g/mol. The summed E-state index contributed by atoms with van der Waals surface area (Å²) in [6.45, 7) is 15.7. The van der Waals surface area contributed by atoms with Crippen LogP contribution in [0.1, 0.15) is 117 Å². The lowest BCUT2D eigenvalue weighted by Crippen LogP contribution is -2.59. The van der Waals surface area contributed by atoms with E-state index in [0.717, 1.165) is 0 Å². The van der Waals surface area contributed by atoms with E-state index >= 15 is 4.79 Å². The maximum absolute atomic E-state index is 15.3. The van der Waals surface area contributed by atoms with Gasteiger partial charge in [0.05, 0.1) is 71.8 Å². The lowest BCUT2D eigenvalue weighted by Gasteiger charge is -2.47. The first-order valence-electron chi connectivity index (χ1n) is 29.3. The van der Waals surface area contributed by atoms with Gasteiger partial charge in [0, 0.05) is 65.2 Å². The Hall–Kier alpha value is -4.50. The Balaban J connectivity index is 1.03. The first kappa shape index (κ1) is 67.4. The molecule has 27 nitrogen and oxygen atoms in total. The third-order valence-corrected chi connectivity index (χ3v) is 16.9. The molecule has 0 radical (unpaired) electrons. The van der Waals surface area contributed by atoms with Crippen LogP contribution in [0.4, 0.5) is 0 Å². The predicted octanol–water partition coefficient (Wildman–Crippen LogP) is 2.31.